The summed E-state index contributed by atoms with van der Waals surface area (Å²) in [5, 5.41) is 61.0. The van der Waals surface area contributed by atoms with Crippen LogP contribution in [0.15, 0.2) is 362 Å². The molecule has 20 aromatic rings. The van der Waals surface area contributed by atoms with E-state index in [0.29, 0.717) is 36.3 Å². The number of hydrogen-bond donors (Lipinski definition) is 6. The van der Waals surface area contributed by atoms with E-state index in [2.05, 4.69) is 272 Å². The predicted molar refractivity (Wildman–Crippen MR) is 550 cm³/mol. The quantitative estimate of drug-likeness (QED) is 0.0116. The van der Waals surface area contributed by atoms with Crippen LogP contribution in [0.4, 0.5) is 0 Å². The number of thioether (sulfide) groups is 1. The zero-order valence-corrected chi connectivity index (χ0v) is 78.1. The Morgan fingerprint density at radius 2 is 0.685 bits per heavy atom. The number of ether oxygens (including phenoxy) is 2. The lowest BCUT2D eigenvalue weighted by Gasteiger charge is -2.14. The summed E-state index contributed by atoms with van der Waals surface area (Å²) < 4.78 is 48.2. The molecule has 2 unspecified atom stereocenters. The number of carbonyl (C=O) groups excluding carboxylic acids is 3. The van der Waals surface area contributed by atoms with E-state index in [4.69, 9.17) is 29.9 Å². The van der Waals surface area contributed by atoms with E-state index < -0.39 is 15.8 Å². The third kappa shape index (κ3) is 20.0. The molecule has 15 aromatic carbocycles. The number of sulfone groups is 1. The summed E-state index contributed by atoms with van der Waals surface area (Å²) in [5.74, 6) is 0.522. The van der Waals surface area contributed by atoms with Gasteiger partial charge in [0.2, 0.25) is 0 Å². The van der Waals surface area contributed by atoms with E-state index in [0.717, 1.165) is 21.8 Å². The maximum Gasteiger partial charge on any atom is 0.338 e. The van der Waals surface area contributed by atoms with E-state index >= 15 is 0 Å². The highest BCUT2D eigenvalue weighted by Crippen LogP contribution is 2.54. The molecule has 0 spiro atoms. The average Bonchev–Trinajstić information content (AvgIpc) is 1.95. The van der Waals surface area contributed by atoms with Crippen LogP contribution >= 0.6 is 64.1 Å². The minimum absolute atomic E-state index is 0.00571. The van der Waals surface area contributed by atoms with Gasteiger partial charge >= 0.3 is 11.9 Å². The van der Waals surface area contributed by atoms with Crippen molar-refractivity contribution in [1.29, 1.82) is 0 Å². The number of aliphatic hydroxyl groups is 5. The lowest BCUT2D eigenvalue weighted by atomic mass is 10.0. The van der Waals surface area contributed by atoms with Crippen molar-refractivity contribution in [2.75, 3.05) is 51.1 Å². The largest absolute Gasteiger partial charge is 0.462 e. The van der Waals surface area contributed by atoms with Crippen LogP contribution in [0.2, 0.25) is 0 Å². The van der Waals surface area contributed by atoms with Crippen LogP contribution in [-0.4, -0.2) is 109 Å². The molecule has 0 radical (unpaired) electrons. The van der Waals surface area contributed by atoms with Gasteiger partial charge in [-0.05, 0) is 263 Å². The monoisotopic (exact) mass is 1850 g/mol. The molecule has 130 heavy (non-hydrogen) atoms. The standard InChI is InChI=1S/C25H25NO2S.C23H21O3S.C22H19O3S.C20H17O3S2.C20H17OS2/c1-17(15-18(2)27)16-26-25(28)19-11-13-20(14-12-19)29-23-9-5-3-7-21(23)22-8-4-6-10-24(22)29;1-15-13-17(14-16(2)23(15)26-22(25)11-12-24)27-20-9-5-3-7-18(20)19-8-4-6-10-21(19)27;23-14-5-15-25-22(24)16-10-12-17(13-11-16)26-20-8-3-1-6-18(20)19-7-2-4-9-21(19)26;21-13-14-25(22,23)16-11-9-15(10-12-16)24-19-7-3-1-5-17(19)18-6-2-4-8-20(18)24;21-13-14-22-15-9-11-16(12-10-15)23-19-7-3-1-5-17(19)18-6-2-4-8-20(18)23/h3-14,17-18,27H,15-16H2,1-2H3;3-10,13-14,24H,11-12H2,1-2H3;1-4,6-13,23H,5,14-15H2;1-12,21H,13-14H2;1-12,21H,13-14H2/q;4*+1/p+1. The zero-order chi connectivity index (χ0) is 90.4. The molecule has 5 heterocycles. The van der Waals surface area contributed by atoms with Gasteiger partial charge in [0.1, 0.15) is 5.75 Å². The van der Waals surface area contributed by atoms with E-state index in [1.54, 1.807) is 30.8 Å². The maximum atomic E-state index is 12.5. The van der Waals surface area contributed by atoms with E-state index in [9.17, 15) is 27.9 Å². The first-order valence-electron chi connectivity index (χ1n) is 43.2. The van der Waals surface area contributed by atoms with Crippen LogP contribution in [0, 0.1) is 19.8 Å². The van der Waals surface area contributed by atoms with Gasteiger partial charge in [-0.2, -0.15) is 0 Å². The minimum atomic E-state index is -3.42. The van der Waals surface area contributed by atoms with Gasteiger partial charge < -0.3 is 40.3 Å². The molecule has 0 aliphatic rings. The molecule has 20 rings (SSSR count). The first-order chi connectivity index (χ1) is 63.4. The third-order valence-electron chi connectivity index (χ3n) is 22.5. The van der Waals surface area contributed by atoms with E-state index in [1.165, 1.54) is 125 Å². The summed E-state index contributed by atoms with van der Waals surface area (Å²) in [4.78, 5) is 43.9. The number of hydrogen-bond acceptors (Lipinski definition) is 13. The molecule has 6 N–H and O–H groups in total. The Morgan fingerprint density at radius 1 is 0.377 bits per heavy atom. The molecule has 0 saturated carbocycles. The fraction of sp³-hybridized carbons (Fsp3) is 0.155. The van der Waals surface area contributed by atoms with Gasteiger partial charge in [-0.3, -0.25) is 9.59 Å². The number of rotatable bonds is 23. The number of thiophene rings is 5. The highest BCUT2D eigenvalue weighted by molar-refractivity contribution is 7.99. The Hall–Kier alpha value is -12.1. The van der Waals surface area contributed by atoms with Crippen molar-refractivity contribution in [2.45, 2.75) is 62.9 Å². The summed E-state index contributed by atoms with van der Waals surface area (Å²) in [5.41, 5.74) is 3.08. The molecule has 0 aliphatic carbocycles. The summed E-state index contributed by atoms with van der Waals surface area (Å²) >= 11 is 1.70. The summed E-state index contributed by atoms with van der Waals surface area (Å²) in [6.45, 7) is 8.22. The van der Waals surface area contributed by atoms with Crippen LogP contribution in [0.5, 0.6) is 5.75 Å². The topological polar surface area (TPSA) is 217 Å². The number of carbonyl (C=O) groups is 3. The van der Waals surface area contributed by atoms with Crippen LogP contribution in [-0.2, 0) is 19.4 Å². The molecule has 2 atom stereocenters. The predicted octanol–water partition coefficient (Wildman–Crippen LogP) is 27.1. The fourth-order valence-corrected chi connectivity index (χ4v) is 30.4. The Morgan fingerprint density at radius 3 is 0.992 bits per heavy atom. The maximum absolute atomic E-state index is 12.5. The van der Waals surface area contributed by atoms with E-state index in [-0.39, 0.29) is 126 Å². The second-order valence-electron chi connectivity index (χ2n) is 31.5. The minimum Gasteiger partial charge on any atom is -0.462 e. The Labute approximate surface area is 773 Å². The van der Waals surface area contributed by atoms with Crippen molar-refractivity contribution in [3.05, 3.63) is 374 Å². The molecule has 1 amide bonds. The summed E-state index contributed by atoms with van der Waals surface area (Å²) in [7, 11) is -4.11. The molecule has 0 aliphatic heterocycles. The molecule has 13 nitrogen and oxygen atoms in total. The molecule has 0 bridgehead atoms. The number of benzene rings is 15. The summed E-state index contributed by atoms with van der Waals surface area (Å²) in [6.07, 6.45) is 0.798. The lowest BCUT2D eigenvalue weighted by molar-refractivity contribution is -0.135. The van der Waals surface area contributed by atoms with Gasteiger partial charge in [0.05, 0.1) is 55.2 Å². The van der Waals surface area contributed by atoms with Crippen LogP contribution in [0.1, 0.15) is 65.0 Å². The van der Waals surface area contributed by atoms with Crippen molar-refractivity contribution < 1.29 is 57.8 Å². The number of fused-ring (bicyclic) bond motifs is 15. The number of aliphatic hydroxyl groups excluding tert-OH is 5. The number of aryl methyl sites for hydroxylation is 2. The third-order valence-corrected chi connectivity index (χ3v) is 36.8. The first-order valence-corrected chi connectivity index (χ1v) is 52.0. The average molecular weight is 1850 g/mol. The normalized spacial score (nSPS) is 11.9. The number of esters is 2. The van der Waals surface area contributed by atoms with Gasteiger partial charge in [0, 0.05) is 154 Å². The Bertz CT molecular complexity index is 7270. The van der Waals surface area contributed by atoms with Gasteiger partial charge in [0.15, 0.2) is 81.3 Å². The lowest BCUT2D eigenvalue weighted by Crippen LogP contribution is -2.29. The van der Waals surface area contributed by atoms with Gasteiger partial charge in [0.25, 0.3) is 5.91 Å². The van der Waals surface area contributed by atoms with Crippen LogP contribution in [0.25, 0.3) is 125 Å². The van der Waals surface area contributed by atoms with E-state index in [1.807, 2.05) is 93.6 Å². The second-order valence-corrected chi connectivity index (χ2v) is 44.6. The summed E-state index contributed by atoms with van der Waals surface area (Å²) in [6, 6.07) is 121. The zero-order valence-electron chi connectivity index (χ0n) is 72.4. The van der Waals surface area contributed by atoms with Gasteiger partial charge in [-0.1, -0.05) is 128 Å². The Kier molecular flexibility index (Phi) is 29.6. The Balaban J connectivity index is 0.000000119. The first kappa shape index (κ1) is 91.2. The smallest absolute Gasteiger partial charge is 0.338 e. The molecular weight excluding hydrogens is 1750 g/mol. The highest BCUT2D eigenvalue weighted by atomic mass is 32.2. The van der Waals surface area contributed by atoms with Crippen molar-refractivity contribution >= 4 is 193 Å². The van der Waals surface area contributed by atoms with Crippen LogP contribution < -0.4 is 10.1 Å². The van der Waals surface area contributed by atoms with Crippen molar-refractivity contribution in [3.8, 4) is 30.2 Å². The molecule has 0 saturated heterocycles. The highest BCUT2D eigenvalue weighted by Gasteiger charge is 2.31. The van der Waals surface area contributed by atoms with Crippen molar-refractivity contribution in [1.82, 2.24) is 5.32 Å². The number of amides is 1. The van der Waals surface area contributed by atoms with Gasteiger partial charge in [-0.25, -0.2) is 13.2 Å². The fourth-order valence-electron chi connectivity index (χ4n) is 16.7. The molecule has 0 fully saturated rings. The SMILES string of the molecule is CC(O)CC(C)CNC(=O)c1ccc(-[s+]2c3ccccc3c3ccccc32)cc1.Cc1cc(-[s+]2c3ccccc3c3ccccc32)cc(C)c1OC(=O)CCO.O=C(OCCCO)c1ccc(-[s+]2c3ccccc3c3ccccc32)cc1.O=S(=O)(CCO)c1ccc(-[s+]2c3ccccc3c3ccccc32)cc1.OCCSc1ccc(-[s+]2c3ccccc3c3ccccc32)cc1. The van der Waals surface area contributed by atoms with Crippen molar-refractivity contribution in [3.63, 3.8) is 0 Å². The van der Waals surface area contributed by atoms with Crippen molar-refractivity contribution in [2.24, 2.45) is 5.92 Å². The molecule has 5 aromatic heterocycles. The molecular formula is C110H100NO12S7+5. The second kappa shape index (κ2) is 42.2. The van der Waals surface area contributed by atoms with Crippen LogP contribution in [0.3, 0.4) is 0 Å². The molecule has 20 heteroatoms. The molecule has 654 valence electrons. The number of nitrogens with one attached hydrogen (secondary N) is 1. The van der Waals surface area contributed by atoms with Gasteiger partial charge in [-0.15, -0.1) is 11.8 Å².